The Morgan fingerprint density at radius 2 is 1.18 bits per heavy atom. The zero-order valence-electron chi connectivity index (χ0n) is 31.1. The molecule has 3 aliphatic heterocycles. The van der Waals surface area contributed by atoms with Gasteiger partial charge in [-0.2, -0.15) is 4.31 Å². The van der Waals surface area contributed by atoms with Gasteiger partial charge in [-0.25, -0.2) is 12.8 Å². The van der Waals surface area contributed by atoms with Crippen LogP contribution in [0.5, 0.6) is 0 Å². The first-order valence-electron chi connectivity index (χ1n) is 19.2. The molecule has 3 aromatic rings. The zero-order chi connectivity index (χ0) is 40.0. The summed E-state index contributed by atoms with van der Waals surface area (Å²) in [6.45, 7) is 3.52. The lowest BCUT2D eigenvalue weighted by atomic mass is 9.86. The fourth-order valence-corrected chi connectivity index (χ4v) is 10.2. The van der Waals surface area contributed by atoms with Crippen LogP contribution in [0.1, 0.15) is 47.1 Å². The molecule has 3 saturated heterocycles. The van der Waals surface area contributed by atoms with Gasteiger partial charge < -0.3 is 31.3 Å². The van der Waals surface area contributed by atoms with Crippen LogP contribution in [-0.2, 0) is 56.8 Å². The highest BCUT2D eigenvalue weighted by Gasteiger charge is 2.35. The second-order valence-electron chi connectivity index (χ2n) is 15.5. The molecule has 12 nitrogen and oxygen atoms in total. The Morgan fingerprint density at radius 3 is 1.70 bits per heavy atom. The fraction of sp³-hybridized carbons (Fsp3) is 0.488. The van der Waals surface area contributed by atoms with Gasteiger partial charge >= 0.3 is 17.9 Å². The molecular formula is C41H50ClFN4O8S. The molecule has 302 valence electrons. The van der Waals surface area contributed by atoms with Gasteiger partial charge in [-0.3, -0.25) is 14.4 Å². The molecule has 0 saturated carbocycles. The first kappa shape index (κ1) is 41.7. The monoisotopic (exact) mass is 812 g/mol. The Balaban J connectivity index is 1.33. The van der Waals surface area contributed by atoms with Crippen LogP contribution in [-0.4, -0.2) is 85.2 Å². The van der Waals surface area contributed by atoms with Crippen molar-refractivity contribution in [1.29, 1.82) is 0 Å². The molecule has 6 atom stereocenters. The van der Waals surface area contributed by atoms with Crippen molar-refractivity contribution in [3.63, 3.8) is 0 Å². The largest absolute Gasteiger partial charge is 0.481 e. The maximum Gasteiger partial charge on any atom is 0.307 e. The SMILES string of the molecule is O=C(O)[C@@H](Cc1cccc(CN(Cc2ccc(Cl)c(C[C@H](C(=O)O)[C@H]3CCNC3)c2)S(=O)(=O)c2ccc(F)c(C[C@H](C(=O)O)[C@H]3CCNC3)c2)c1)[C@H]1CCNC1. The summed E-state index contributed by atoms with van der Waals surface area (Å²) in [5.74, 6) is -6.15. The Hall–Kier alpha value is -3.92. The van der Waals surface area contributed by atoms with Gasteiger partial charge in [0.05, 0.1) is 22.6 Å². The molecule has 15 heteroatoms. The molecule has 0 aliphatic carbocycles. The summed E-state index contributed by atoms with van der Waals surface area (Å²) in [6.07, 6.45) is 2.33. The normalized spacial score (nSPS) is 21.6. The van der Waals surface area contributed by atoms with E-state index >= 15 is 4.39 Å². The van der Waals surface area contributed by atoms with Crippen LogP contribution in [0.15, 0.2) is 65.6 Å². The maximum absolute atomic E-state index is 15.3. The lowest BCUT2D eigenvalue weighted by Crippen LogP contribution is -2.31. The van der Waals surface area contributed by atoms with Gasteiger partial charge in [-0.15, -0.1) is 0 Å². The van der Waals surface area contributed by atoms with E-state index in [4.69, 9.17) is 11.6 Å². The summed E-state index contributed by atoms with van der Waals surface area (Å²) in [5.41, 5.74) is 2.48. The topological polar surface area (TPSA) is 185 Å². The van der Waals surface area contributed by atoms with Crippen molar-refractivity contribution < 1.29 is 42.5 Å². The third-order valence-corrected chi connectivity index (χ3v) is 13.9. The Kier molecular flexibility index (Phi) is 13.8. The Morgan fingerprint density at radius 1 is 0.679 bits per heavy atom. The summed E-state index contributed by atoms with van der Waals surface area (Å²) >= 11 is 6.61. The molecule has 0 bridgehead atoms. The molecule has 0 unspecified atom stereocenters. The summed E-state index contributed by atoms with van der Waals surface area (Å²) in [5, 5.41) is 40.1. The number of aliphatic carboxylic acids is 3. The lowest BCUT2D eigenvalue weighted by molar-refractivity contribution is -0.144. The lowest BCUT2D eigenvalue weighted by Gasteiger charge is -2.25. The first-order valence-corrected chi connectivity index (χ1v) is 21.1. The smallest absolute Gasteiger partial charge is 0.307 e. The minimum Gasteiger partial charge on any atom is -0.481 e. The van der Waals surface area contributed by atoms with E-state index < -0.39 is 51.5 Å². The quantitative estimate of drug-likeness (QED) is 0.107. The molecule has 3 aliphatic rings. The molecule has 6 N–H and O–H groups in total. The van der Waals surface area contributed by atoms with Crippen molar-refractivity contribution in [3.8, 4) is 0 Å². The van der Waals surface area contributed by atoms with Gasteiger partial charge in [0.2, 0.25) is 10.0 Å². The van der Waals surface area contributed by atoms with Crippen LogP contribution in [0.25, 0.3) is 0 Å². The number of hydrogen-bond acceptors (Lipinski definition) is 8. The molecule has 0 amide bonds. The fourth-order valence-electron chi connectivity index (χ4n) is 8.54. The van der Waals surface area contributed by atoms with Crippen molar-refractivity contribution >= 4 is 39.5 Å². The predicted molar refractivity (Wildman–Crippen MR) is 208 cm³/mol. The Bertz CT molecular complexity index is 2000. The van der Waals surface area contributed by atoms with Crippen molar-refractivity contribution in [3.05, 3.63) is 99.3 Å². The highest BCUT2D eigenvalue weighted by Crippen LogP contribution is 2.32. The molecule has 6 rings (SSSR count). The summed E-state index contributed by atoms with van der Waals surface area (Å²) in [4.78, 5) is 36.7. The Labute approximate surface area is 331 Å². The number of carbonyl (C=O) groups is 3. The van der Waals surface area contributed by atoms with E-state index in [1.807, 2.05) is 12.1 Å². The van der Waals surface area contributed by atoms with Gasteiger partial charge in [-0.05, 0) is 148 Å². The third kappa shape index (κ3) is 10.1. The molecule has 0 radical (unpaired) electrons. The van der Waals surface area contributed by atoms with E-state index in [9.17, 15) is 38.1 Å². The maximum atomic E-state index is 15.3. The molecule has 0 spiro atoms. The summed E-state index contributed by atoms with van der Waals surface area (Å²) < 4.78 is 45.9. The van der Waals surface area contributed by atoms with Crippen molar-refractivity contribution in [1.82, 2.24) is 20.3 Å². The van der Waals surface area contributed by atoms with Crippen LogP contribution >= 0.6 is 11.6 Å². The predicted octanol–water partition coefficient (Wildman–Crippen LogP) is 4.43. The first-order chi connectivity index (χ1) is 26.8. The number of sulfonamides is 1. The third-order valence-electron chi connectivity index (χ3n) is 11.8. The van der Waals surface area contributed by atoms with E-state index in [0.717, 1.165) is 31.1 Å². The number of carboxylic acid groups (broad SMARTS) is 3. The van der Waals surface area contributed by atoms with Crippen LogP contribution in [0.3, 0.4) is 0 Å². The van der Waals surface area contributed by atoms with E-state index in [1.54, 1.807) is 30.3 Å². The van der Waals surface area contributed by atoms with Gasteiger partial charge in [-0.1, -0.05) is 48.0 Å². The van der Waals surface area contributed by atoms with Crippen molar-refractivity contribution in [2.24, 2.45) is 35.5 Å². The van der Waals surface area contributed by atoms with E-state index in [-0.39, 0.29) is 60.6 Å². The molecule has 3 aromatic carbocycles. The second kappa shape index (κ2) is 18.6. The van der Waals surface area contributed by atoms with E-state index in [0.29, 0.717) is 60.7 Å². The van der Waals surface area contributed by atoms with Gasteiger partial charge in [0, 0.05) is 18.1 Å². The van der Waals surface area contributed by atoms with Gasteiger partial charge in [0.1, 0.15) is 5.82 Å². The highest BCUT2D eigenvalue weighted by molar-refractivity contribution is 7.89. The van der Waals surface area contributed by atoms with E-state index in [2.05, 4.69) is 16.0 Å². The molecule has 0 aromatic heterocycles. The molecule has 56 heavy (non-hydrogen) atoms. The minimum absolute atomic E-state index is 0.0108. The number of halogens is 2. The van der Waals surface area contributed by atoms with Crippen LogP contribution < -0.4 is 16.0 Å². The van der Waals surface area contributed by atoms with Gasteiger partial charge in [0.25, 0.3) is 0 Å². The standard InChI is InChI=1S/C41H50ClFN4O8S/c42-37-6-4-27(15-31(37)18-35(40(50)51)29-9-12-45-21-29)24-47(23-26-3-1-2-25(14-26)16-34(39(48)49)28-8-11-44-20-28)56(54,55)33-5-7-38(43)32(17-33)19-36(41(52)53)30-10-13-46-22-30/h1-7,14-15,17,28-30,34-36,44-46H,8-13,16,18-24H2,(H,48,49)(H,50,51)(H,52,53)/t28-,29-,30-,34-,35-,36-/m0/s1. The van der Waals surface area contributed by atoms with Crippen molar-refractivity contribution in [2.75, 3.05) is 39.3 Å². The molecule has 3 fully saturated rings. The van der Waals surface area contributed by atoms with Crippen LogP contribution in [0.2, 0.25) is 5.02 Å². The van der Waals surface area contributed by atoms with Crippen LogP contribution in [0.4, 0.5) is 4.39 Å². The number of benzene rings is 3. The number of hydrogen-bond donors (Lipinski definition) is 6. The zero-order valence-corrected chi connectivity index (χ0v) is 32.7. The highest BCUT2D eigenvalue weighted by atomic mass is 35.5. The second-order valence-corrected chi connectivity index (χ2v) is 17.8. The summed E-state index contributed by atoms with van der Waals surface area (Å²) in [7, 11) is -4.38. The average Bonchev–Trinajstić information content (AvgIpc) is 3.98. The molecule has 3 heterocycles. The number of nitrogens with one attached hydrogen (secondary N) is 3. The van der Waals surface area contributed by atoms with Crippen molar-refractivity contribution in [2.45, 2.75) is 56.5 Å². The van der Waals surface area contributed by atoms with E-state index in [1.165, 1.54) is 16.4 Å². The number of rotatable bonds is 18. The number of carboxylic acids is 3. The van der Waals surface area contributed by atoms with Crippen LogP contribution in [0, 0.1) is 41.3 Å². The van der Waals surface area contributed by atoms with Gasteiger partial charge in [0.15, 0.2) is 0 Å². The number of nitrogens with zero attached hydrogens (tertiary/aromatic N) is 1. The average molecular weight is 813 g/mol. The minimum atomic E-state index is -4.38. The molecular weight excluding hydrogens is 763 g/mol. The summed E-state index contributed by atoms with van der Waals surface area (Å²) in [6, 6.07) is 15.7.